The topological polar surface area (TPSA) is 56.7 Å². The molecule has 4 heteroatoms. The van der Waals surface area contributed by atoms with Crippen LogP contribution in [0.15, 0.2) is 24.3 Å². The number of anilines is 1. The standard InChI is InChI=1S/C13H18N4/c1-3-4-5-11-6-8-12(9-7-11)17-10(2)13(14)15-16-17/h6-9H,3-5,14H2,1-2H3. The Morgan fingerprint density at radius 2 is 1.94 bits per heavy atom. The van der Waals surface area contributed by atoms with Crippen molar-refractivity contribution >= 4 is 5.82 Å². The maximum absolute atomic E-state index is 5.68. The number of nitrogens with two attached hydrogens (primary N) is 1. The lowest BCUT2D eigenvalue weighted by molar-refractivity contribution is 0.779. The molecule has 0 amide bonds. The summed E-state index contributed by atoms with van der Waals surface area (Å²) in [6.45, 7) is 4.12. The van der Waals surface area contributed by atoms with Gasteiger partial charge in [-0.3, -0.25) is 0 Å². The van der Waals surface area contributed by atoms with Crippen molar-refractivity contribution in [3.05, 3.63) is 35.5 Å². The van der Waals surface area contributed by atoms with E-state index in [1.807, 2.05) is 6.92 Å². The average molecular weight is 230 g/mol. The molecule has 0 atom stereocenters. The van der Waals surface area contributed by atoms with Crippen LogP contribution in [0.4, 0.5) is 5.82 Å². The van der Waals surface area contributed by atoms with Crippen molar-refractivity contribution in [1.82, 2.24) is 15.0 Å². The van der Waals surface area contributed by atoms with Crippen molar-refractivity contribution in [2.45, 2.75) is 33.1 Å². The maximum Gasteiger partial charge on any atom is 0.169 e. The zero-order valence-corrected chi connectivity index (χ0v) is 10.3. The monoisotopic (exact) mass is 230 g/mol. The van der Waals surface area contributed by atoms with E-state index < -0.39 is 0 Å². The first-order chi connectivity index (χ1) is 8.22. The molecule has 2 N–H and O–H groups in total. The molecule has 2 rings (SSSR count). The minimum atomic E-state index is 0.486. The molecular formula is C13H18N4. The number of hydrogen-bond donors (Lipinski definition) is 1. The van der Waals surface area contributed by atoms with Crippen molar-refractivity contribution in [3.63, 3.8) is 0 Å². The van der Waals surface area contributed by atoms with E-state index in [9.17, 15) is 0 Å². The van der Waals surface area contributed by atoms with E-state index >= 15 is 0 Å². The van der Waals surface area contributed by atoms with Crippen molar-refractivity contribution in [1.29, 1.82) is 0 Å². The van der Waals surface area contributed by atoms with Crippen molar-refractivity contribution < 1.29 is 0 Å². The summed E-state index contributed by atoms with van der Waals surface area (Å²) in [5.41, 5.74) is 8.93. The van der Waals surface area contributed by atoms with Crippen LogP contribution in [0.3, 0.4) is 0 Å². The predicted octanol–water partition coefficient (Wildman–Crippen LogP) is 2.50. The Morgan fingerprint density at radius 3 is 2.47 bits per heavy atom. The highest BCUT2D eigenvalue weighted by Crippen LogP contribution is 2.14. The van der Waals surface area contributed by atoms with E-state index in [0.717, 1.165) is 17.8 Å². The van der Waals surface area contributed by atoms with Gasteiger partial charge in [0.25, 0.3) is 0 Å². The first kappa shape index (κ1) is 11.6. The minimum absolute atomic E-state index is 0.486. The summed E-state index contributed by atoms with van der Waals surface area (Å²) in [5.74, 6) is 0.486. The van der Waals surface area contributed by atoms with Gasteiger partial charge in [0.1, 0.15) is 0 Å². The molecule has 0 aliphatic rings. The number of aromatic nitrogens is 3. The van der Waals surface area contributed by atoms with Gasteiger partial charge in [0.05, 0.1) is 11.4 Å². The zero-order chi connectivity index (χ0) is 12.3. The molecule has 90 valence electrons. The SMILES string of the molecule is CCCCc1ccc(-n2nnc(N)c2C)cc1. The van der Waals surface area contributed by atoms with Crippen LogP contribution in [0.25, 0.3) is 5.69 Å². The zero-order valence-electron chi connectivity index (χ0n) is 10.3. The summed E-state index contributed by atoms with van der Waals surface area (Å²) < 4.78 is 1.76. The van der Waals surface area contributed by atoms with Gasteiger partial charge in [0.2, 0.25) is 0 Å². The second kappa shape index (κ2) is 4.99. The normalized spacial score (nSPS) is 10.7. The number of nitrogen functional groups attached to an aromatic ring is 1. The molecule has 1 aromatic heterocycles. The Morgan fingerprint density at radius 1 is 1.24 bits per heavy atom. The third-order valence-corrected chi connectivity index (χ3v) is 2.93. The first-order valence-electron chi connectivity index (χ1n) is 5.99. The Kier molecular flexibility index (Phi) is 3.42. The average Bonchev–Trinajstić information content (AvgIpc) is 2.68. The lowest BCUT2D eigenvalue weighted by atomic mass is 10.1. The number of nitrogens with zero attached hydrogens (tertiary/aromatic N) is 3. The van der Waals surface area contributed by atoms with Crippen LogP contribution in [-0.4, -0.2) is 15.0 Å². The van der Waals surface area contributed by atoms with Gasteiger partial charge < -0.3 is 5.73 Å². The lowest BCUT2D eigenvalue weighted by Crippen LogP contribution is -1.99. The van der Waals surface area contributed by atoms with Gasteiger partial charge in [-0.15, -0.1) is 5.10 Å². The number of rotatable bonds is 4. The summed E-state index contributed by atoms with van der Waals surface area (Å²) in [4.78, 5) is 0. The fourth-order valence-corrected chi connectivity index (χ4v) is 1.77. The van der Waals surface area contributed by atoms with E-state index in [2.05, 4.69) is 41.5 Å². The molecule has 1 aromatic carbocycles. The fourth-order valence-electron chi connectivity index (χ4n) is 1.77. The van der Waals surface area contributed by atoms with Crippen LogP contribution in [0, 0.1) is 6.92 Å². The van der Waals surface area contributed by atoms with Crippen molar-refractivity contribution in [3.8, 4) is 5.69 Å². The van der Waals surface area contributed by atoms with Gasteiger partial charge in [-0.2, -0.15) is 0 Å². The second-order valence-electron chi connectivity index (χ2n) is 4.24. The van der Waals surface area contributed by atoms with Gasteiger partial charge in [-0.1, -0.05) is 30.7 Å². The van der Waals surface area contributed by atoms with Gasteiger partial charge in [0, 0.05) is 0 Å². The molecule has 1 heterocycles. The van der Waals surface area contributed by atoms with Gasteiger partial charge >= 0.3 is 0 Å². The van der Waals surface area contributed by atoms with E-state index in [4.69, 9.17) is 5.73 Å². The van der Waals surface area contributed by atoms with E-state index in [-0.39, 0.29) is 0 Å². The highest BCUT2D eigenvalue weighted by atomic mass is 15.4. The molecule has 0 radical (unpaired) electrons. The Bertz CT molecular complexity index is 485. The van der Waals surface area contributed by atoms with Gasteiger partial charge in [-0.25, -0.2) is 4.68 Å². The Hall–Kier alpha value is -1.84. The largest absolute Gasteiger partial charge is 0.381 e. The van der Waals surface area contributed by atoms with E-state index in [1.165, 1.54) is 18.4 Å². The number of hydrogen-bond acceptors (Lipinski definition) is 3. The Labute approximate surface area is 101 Å². The molecule has 0 bridgehead atoms. The summed E-state index contributed by atoms with van der Waals surface area (Å²) in [6.07, 6.45) is 3.59. The quantitative estimate of drug-likeness (QED) is 0.878. The summed E-state index contributed by atoms with van der Waals surface area (Å²) in [6, 6.07) is 8.41. The van der Waals surface area contributed by atoms with Gasteiger partial charge in [0.15, 0.2) is 5.82 Å². The highest BCUT2D eigenvalue weighted by Gasteiger charge is 2.06. The smallest absolute Gasteiger partial charge is 0.169 e. The third-order valence-electron chi connectivity index (χ3n) is 2.93. The molecule has 17 heavy (non-hydrogen) atoms. The maximum atomic E-state index is 5.68. The molecule has 0 unspecified atom stereocenters. The molecule has 0 fully saturated rings. The molecule has 0 aliphatic heterocycles. The second-order valence-corrected chi connectivity index (χ2v) is 4.24. The number of aryl methyl sites for hydroxylation is 1. The van der Waals surface area contributed by atoms with Crippen LogP contribution in [-0.2, 0) is 6.42 Å². The number of benzene rings is 1. The van der Waals surface area contributed by atoms with E-state index in [1.54, 1.807) is 4.68 Å². The molecule has 0 spiro atoms. The molecule has 0 saturated carbocycles. The first-order valence-corrected chi connectivity index (χ1v) is 5.99. The molecular weight excluding hydrogens is 212 g/mol. The number of unbranched alkanes of at least 4 members (excludes halogenated alkanes) is 1. The summed E-state index contributed by atoms with van der Waals surface area (Å²) in [5, 5.41) is 7.87. The predicted molar refractivity (Wildman–Crippen MR) is 69.1 cm³/mol. The Balaban J connectivity index is 2.20. The minimum Gasteiger partial charge on any atom is -0.381 e. The van der Waals surface area contributed by atoms with Gasteiger partial charge in [-0.05, 0) is 37.5 Å². The lowest BCUT2D eigenvalue weighted by Gasteiger charge is -2.05. The molecule has 0 saturated heterocycles. The molecule has 2 aromatic rings. The summed E-state index contributed by atoms with van der Waals surface area (Å²) >= 11 is 0. The highest BCUT2D eigenvalue weighted by molar-refractivity contribution is 5.41. The van der Waals surface area contributed by atoms with E-state index in [0.29, 0.717) is 5.82 Å². The third kappa shape index (κ3) is 2.46. The molecule has 0 aliphatic carbocycles. The summed E-state index contributed by atoms with van der Waals surface area (Å²) in [7, 11) is 0. The van der Waals surface area contributed by atoms with Crippen LogP contribution < -0.4 is 5.73 Å². The van der Waals surface area contributed by atoms with Crippen LogP contribution in [0.5, 0.6) is 0 Å². The molecule has 4 nitrogen and oxygen atoms in total. The van der Waals surface area contributed by atoms with Crippen LogP contribution in [0.1, 0.15) is 31.0 Å². The van der Waals surface area contributed by atoms with Crippen LogP contribution >= 0.6 is 0 Å². The van der Waals surface area contributed by atoms with Crippen molar-refractivity contribution in [2.75, 3.05) is 5.73 Å². The van der Waals surface area contributed by atoms with Crippen LogP contribution in [0.2, 0.25) is 0 Å². The fraction of sp³-hybridized carbons (Fsp3) is 0.385. The van der Waals surface area contributed by atoms with Crippen molar-refractivity contribution in [2.24, 2.45) is 0 Å².